The van der Waals surface area contributed by atoms with E-state index in [2.05, 4.69) is 42.3 Å². The number of carbonyl (C=O) groups is 1. The smallest absolute Gasteiger partial charge is 0.226 e. The third kappa shape index (κ3) is 5.65. The molecule has 0 atom stereocenters. The van der Waals surface area contributed by atoms with E-state index in [1.165, 1.54) is 34.6 Å². The highest BCUT2D eigenvalue weighted by Gasteiger charge is 2.10. The van der Waals surface area contributed by atoms with E-state index in [1.807, 2.05) is 5.38 Å². The quantitative estimate of drug-likeness (QED) is 0.386. The van der Waals surface area contributed by atoms with Crippen molar-refractivity contribution in [2.24, 2.45) is 0 Å². The van der Waals surface area contributed by atoms with Crippen molar-refractivity contribution in [1.29, 1.82) is 0 Å². The maximum Gasteiger partial charge on any atom is 0.226 e. The number of hydrogen-bond donors (Lipinski definition) is 1. The maximum atomic E-state index is 12.9. The van der Waals surface area contributed by atoms with Gasteiger partial charge in [0.05, 0.1) is 5.69 Å². The van der Waals surface area contributed by atoms with Gasteiger partial charge in [0.15, 0.2) is 5.13 Å². The highest BCUT2D eigenvalue weighted by atomic mass is 32.2. The van der Waals surface area contributed by atoms with E-state index in [1.54, 1.807) is 23.9 Å². The van der Waals surface area contributed by atoms with Crippen LogP contribution < -0.4 is 5.32 Å². The number of nitrogens with zero attached hydrogens (tertiary/aromatic N) is 1. The molecule has 3 nitrogen and oxygen atoms in total. The molecule has 0 radical (unpaired) electrons. The second-order valence-corrected chi connectivity index (χ2v) is 8.34. The maximum absolute atomic E-state index is 12.9. The lowest BCUT2D eigenvalue weighted by Gasteiger charge is -2.04. The molecule has 0 spiro atoms. The molecule has 0 saturated heterocycles. The minimum atomic E-state index is -0.234. The number of aromatic nitrogens is 1. The molecule has 27 heavy (non-hydrogen) atoms. The summed E-state index contributed by atoms with van der Waals surface area (Å²) in [5, 5.41) is 5.48. The summed E-state index contributed by atoms with van der Waals surface area (Å²) in [5.41, 5.74) is 4.35. The Kier molecular flexibility index (Phi) is 6.63. The fourth-order valence-electron chi connectivity index (χ4n) is 2.60. The monoisotopic (exact) mass is 400 g/mol. The van der Waals surface area contributed by atoms with E-state index in [0.29, 0.717) is 11.6 Å². The Hall–Kier alpha value is -2.18. The molecule has 1 aromatic heterocycles. The zero-order chi connectivity index (χ0) is 19.2. The van der Waals surface area contributed by atoms with Gasteiger partial charge >= 0.3 is 0 Å². The molecular weight excluding hydrogens is 379 g/mol. The third-order valence-electron chi connectivity index (χ3n) is 4.05. The number of rotatable bonds is 7. The molecule has 6 heteroatoms. The van der Waals surface area contributed by atoms with Gasteiger partial charge in [-0.05, 0) is 61.9 Å². The summed E-state index contributed by atoms with van der Waals surface area (Å²) in [4.78, 5) is 17.7. The van der Waals surface area contributed by atoms with Crippen molar-refractivity contribution >= 4 is 34.1 Å². The first-order valence-electron chi connectivity index (χ1n) is 8.72. The molecule has 0 unspecified atom stereocenters. The standard InChI is InChI=1S/C21H21FN2OS2/c1-14-5-6-15(2)18(12-14)19-13-27-21(23-19)24-20(25)4-3-11-26-17-9-7-16(22)8-10-17/h5-10,12-13H,3-4,11H2,1-2H3,(H,23,24,25). The number of nitrogens with one attached hydrogen (secondary N) is 1. The van der Waals surface area contributed by atoms with Crippen LogP contribution in [-0.2, 0) is 4.79 Å². The van der Waals surface area contributed by atoms with Crippen LogP contribution >= 0.6 is 23.1 Å². The van der Waals surface area contributed by atoms with Crippen molar-refractivity contribution in [3.63, 3.8) is 0 Å². The second kappa shape index (κ2) is 9.15. The summed E-state index contributed by atoms with van der Waals surface area (Å²) in [6, 6.07) is 12.7. The molecule has 0 aliphatic heterocycles. The van der Waals surface area contributed by atoms with Crippen molar-refractivity contribution in [3.8, 4) is 11.3 Å². The Labute approximate surface area is 167 Å². The SMILES string of the molecule is Cc1ccc(C)c(-c2csc(NC(=O)CCCSc3ccc(F)cc3)n2)c1. The summed E-state index contributed by atoms with van der Waals surface area (Å²) in [7, 11) is 0. The van der Waals surface area contributed by atoms with Gasteiger partial charge in [0, 0.05) is 22.3 Å². The van der Waals surface area contributed by atoms with Gasteiger partial charge in [-0.2, -0.15) is 0 Å². The Morgan fingerprint density at radius 2 is 1.96 bits per heavy atom. The Bertz CT molecular complexity index is 922. The van der Waals surface area contributed by atoms with E-state index in [4.69, 9.17) is 0 Å². The van der Waals surface area contributed by atoms with Crippen molar-refractivity contribution < 1.29 is 9.18 Å². The van der Waals surface area contributed by atoms with Gasteiger partial charge in [0.1, 0.15) is 5.82 Å². The lowest BCUT2D eigenvalue weighted by atomic mass is 10.0. The molecule has 0 bridgehead atoms. The Morgan fingerprint density at radius 3 is 2.74 bits per heavy atom. The molecule has 0 aliphatic rings. The van der Waals surface area contributed by atoms with Crippen molar-refractivity contribution in [2.75, 3.05) is 11.1 Å². The largest absolute Gasteiger partial charge is 0.302 e. The Morgan fingerprint density at radius 1 is 1.19 bits per heavy atom. The minimum absolute atomic E-state index is 0.0310. The molecule has 1 N–H and O–H groups in total. The van der Waals surface area contributed by atoms with E-state index >= 15 is 0 Å². The first kappa shape index (κ1) is 19.6. The lowest BCUT2D eigenvalue weighted by molar-refractivity contribution is -0.116. The summed E-state index contributed by atoms with van der Waals surface area (Å²) in [6.07, 6.45) is 1.19. The van der Waals surface area contributed by atoms with Gasteiger partial charge in [-0.1, -0.05) is 17.7 Å². The molecule has 0 aliphatic carbocycles. The summed E-state index contributed by atoms with van der Waals surface area (Å²) in [6.45, 7) is 4.12. The predicted molar refractivity (Wildman–Crippen MR) is 112 cm³/mol. The normalized spacial score (nSPS) is 10.8. The van der Waals surface area contributed by atoms with Gasteiger partial charge in [0.25, 0.3) is 0 Å². The molecule has 0 saturated carbocycles. The van der Waals surface area contributed by atoms with Crippen molar-refractivity contribution in [1.82, 2.24) is 4.98 Å². The van der Waals surface area contributed by atoms with Gasteiger partial charge in [-0.3, -0.25) is 4.79 Å². The second-order valence-electron chi connectivity index (χ2n) is 6.31. The fourth-order valence-corrected chi connectivity index (χ4v) is 4.18. The first-order chi connectivity index (χ1) is 13.0. The number of halogens is 1. The number of thioether (sulfide) groups is 1. The number of anilines is 1. The van der Waals surface area contributed by atoms with Crippen molar-refractivity contribution in [3.05, 3.63) is 64.8 Å². The summed E-state index contributed by atoms with van der Waals surface area (Å²) < 4.78 is 12.9. The van der Waals surface area contributed by atoms with Gasteiger partial charge in [0.2, 0.25) is 5.91 Å². The van der Waals surface area contributed by atoms with Crippen LogP contribution in [0.2, 0.25) is 0 Å². The highest BCUT2D eigenvalue weighted by molar-refractivity contribution is 7.99. The average Bonchev–Trinajstić information content (AvgIpc) is 3.10. The van der Waals surface area contributed by atoms with E-state index in [0.717, 1.165) is 28.3 Å². The fraction of sp³-hybridized carbons (Fsp3) is 0.238. The lowest BCUT2D eigenvalue weighted by Crippen LogP contribution is -2.11. The zero-order valence-electron chi connectivity index (χ0n) is 15.3. The van der Waals surface area contributed by atoms with Crippen LogP contribution in [0.25, 0.3) is 11.3 Å². The van der Waals surface area contributed by atoms with E-state index in [-0.39, 0.29) is 11.7 Å². The van der Waals surface area contributed by atoms with Gasteiger partial charge in [-0.25, -0.2) is 9.37 Å². The Balaban J connectivity index is 1.48. The number of amides is 1. The topological polar surface area (TPSA) is 42.0 Å². The van der Waals surface area contributed by atoms with Gasteiger partial charge in [-0.15, -0.1) is 23.1 Å². The van der Waals surface area contributed by atoms with E-state index < -0.39 is 0 Å². The number of hydrogen-bond acceptors (Lipinski definition) is 4. The molecule has 3 rings (SSSR count). The molecule has 0 fully saturated rings. The number of benzene rings is 2. The van der Waals surface area contributed by atoms with Crippen LogP contribution in [0.4, 0.5) is 9.52 Å². The molecule has 140 valence electrons. The number of thiazole rings is 1. The first-order valence-corrected chi connectivity index (χ1v) is 10.6. The van der Waals surface area contributed by atoms with Crippen LogP contribution in [0.3, 0.4) is 0 Å². The molecule has 1 amide bonds. The van der Waals surface area contributed by atoms with Crippen LogP contribution in [0, 0.1) is 19.7 Å². The molecular formula is C21H21FN2OS2. The van der Waals surface area contributed by atoms with Crippen LogP contribution in [0.5, 0.6) is 0 Å². The van der Waals surface area contributed by atoms with Crippen LogP contribution in [-0.4, -0.2) is 16.6 Å². The molecule has 1 heterocycles. The molecule has 2 aromatic carbocycles. The van der Waals surface area contributed by atoms with Crippen LogP contribution in [0.1, 0.15) is 24.0 Å². The molecule has 3 aromatic rings. The average molecular weight is 401 g/mol. The minimum Gasteiger partial charge on any atom is -0.302 e. The van der Waals surface area contributed by atoms with Gasteiger partial charge < -0.3 is 5.32 Å². The highest BCUT2D eigenvalue weighted by Crippen LogP contribution is 2.28. The summed E-state index contributed by atoms with van der Waals surface area (Å²) >= 11 is 3.06. The number of carbonyl (C=O) groups excluding carboxylic acids is 1. The van der Waals surface area contributed by atoms with Crippen molar-refractivity contribution in [2.45, 2.75) is 31.6 Å². The zero-order valence-corrected chi connectivity index (χ0v) is 16.9. The van der Waals surface area contributed by atoms with Crippen LogP contribution in [0.15, 0.2) is 52.7 Å². The number of aryl methyl sites for hydroxylation is 2. The van der Waals surface area contributed by atoms with E-state index in [9.17, 15) is 9.18 Å². The predicted octanol–water partition coefficient (Wildman–Crippen LogP) is 6.08. The summed E-state index contributed by atoms with van der Waals surface area (Å²) in [5.74, 6) is 0.545. The third-order valence-corrected chi connectivity index (χ3v) is 5.91.